The Kier molecular flexibility index (Phi) is 1.60. The minimum Gasteiger partial charge on any atom is -0.352 e. The van der Waals surface area contributed by atoms with Crippen LogP contribution in [0.4, 0.5) is 0 Å². The van der Waals surface area contributed by atoms with Gasteiger partial charge < -0.3 is 9.64 Å². The van der Waals surface area contributed by atoms with Crippen LogP contribution >= 0.6 is 22.6 Å². The molecule has 2 unspecified atom stereocenters. The number of β-lactam (4-membered cyclic amide) rings is 1. The third kappa shape index (κ3) is 0.852. The molecular formula is C6H8INO2. The van der Waals surface area contributed by atoms with Gasteiger partial charge in [0.1, 0.15) is 6.23 Å². The standard InChI is InChI=1S/C6H8INO2/c7-2-4-3-8-5(9)1-6(8)10-4/h4,6H,1-3H2. The number of alkyl halides is 1. The van der Waals surface area contributed by atoms with E-state index in [1.165, 1.54) is 0 Å². The van der Waals surface area contributed by atoms with Gasteiger partial charge >= 0.3 is 0 Å². The number of halogens is 1. The van der Waals surface area contributed by atoms with E-state index in [2.05, 4.69) is 22.6 Å². The van der Waals surface area contributed by atoms with Gasteiger partial charge in [-0.1, -0.05) is 22.6 Å². The first-order valence-electron chi connectivity index (χ1n) is 3.32. The van der Waals surface area contributed by atoms with E-state index in [9.17, 15) is 4.79 Å². The molecule has 3 nitrogen and oxygen atoms in total. The van der Waals surface area contributed by atoms with Crippen molar-refractivity contribution < 1.29 is 9.53 Å². The molecule has 0 saturated carbocycles. The molecule has 2 atom stereocenters. The Balaban J connectivity index is 1.99. The van der Waals surface area contributed by atoms with E-state index >= 15 is 0 Å². The van der Waals surface area contributed by atoms with Crippen LogP contribution in [0, 0.1) is 0 Å². The maximum Gasteiger partial charge on any atom is 0.229 e. The van der Waals surface area contributed by atoms with Crippen molar-refractivity contribution in [3.05, 3.63) is 0 Å². The fourth-order valence-electron chi connectivity index (χ4n) is 1.34. The van der Waals surface area contributed by atoms with Gasteiger partial charge in [0.25, 0.3) is 0 Å². The summed E-state index contributed by atoms with van der Waals surface area (Å²) in [7, 11) is 0. The van der Waals surface area contributed by atoms with Crippen LogP contribution in [0.15, 0.2) is 0 Å². The Hall–Kier alpha value is 0.160. The molecule has 2 fully saturated rings. The first-order chi connectivity index (χ1) is 4.81. The number of nitrogens with zero attached hydrogens (tertiary/aromatic N) is 1. The van der Waals surface area contributed by atoms with Crippen molar-refractivity contribution in [2.45, 2.75) is 18.8 Å². The molecule has 56 valence electrons. The molecule has 0 aromatic carbocycles. The Morgan fingerprint density at radius 1 is 1.80 bits per heavy atom. The van der Waals surface area contributed by atoms with Crippen molar-refractivity contribution in [2.75, 3.05) is 11.0 Å². The van der Waals surface area contributed by atoms with Crippen LogP contribution in [0.1, 0.15) is 6.42 Å². The summed E-state index contributed by atoms with van der Waals surface area (Å²) in [4.78, 5) is 12.6. The van der Waals surface area contributed by atoms with Crippen LogP contribution in [0.3, 0.4) is 0 Å². The lowest BCUT2D eigenvalue weighted by atomic mass is 10.2. The average Bonchev–Trinajstić information content (AvgIpc) is 2.26. The summed E-state index contributed by atoms with van der Waals surface area (Å²) in [5.74, 6) is 0.248. The van der Waals surface area contributed by atoms with E-state index in [4.69, 9.17) is 4.74 Å². The summed E-state index contributed by atoms with van der Waals surface area (Å²) in [6.45, 7) is 0.812. The molecule has 4 heteroatoms. The quantitative estimate of drug-likeness (QED) is 0.384. The molecule has 0 radical (unpaired) electrons. The maximum atomic E-state index is 10.8. The molecule has 0 aliphatic carbocycles. The lowest BCUT2D eigenvalue weighted by molar-refractivity contribution is -0.156. The van der Waals surface area contributed by atoms with Crippen LogP contribution in [0.2, 0.25) is 0 Å². The highest BCUT2D eigenvalue weighted by molar-refractivity contribution is 14.1. The normalized spacial score (nSPS) is 37.7. The molecule has 2 aliphatic heterocycles. The average molecular weight is 253 g/mol. The molecule has 0 bridgehead atoms. The Labute approximate surface area is 72.8 Å². The number of ether oxygens (including phenoxy) is 1. The third-order valence-corrected chi connectivity index (χ3v) is 2.92. The van der Waals surface area contributed by atoms with Gasteiger partial charge in [0.05, 0.1) is 19.1 Å². The van der Waals surface area contributed by atoms with Gasteiger partial charge in [-0.2, -0.15) is 0 Å². The Morgan fingerprint density at radius 3 is 3.10 bits per heavy atom. The monoisotopic (exact) mass is 253 g/mol. The van der Waals surface area contributed by atoms with Crippen molar-refractivity contribution in [3.63, 3.8) is 0 Å². The molecule has 10 heavy (non-hydrogen) atoms. The van der Waals surface area contributed by atoms with Gasteiger partial charge in [0, 0.05) is 4.43 Å². The summed E-state index contributed by atoms with van der Waals surface area (Å²) in [5.41, 5.74) is 0. The molecule has 0 N–H and O–H groups in total. The Bertz CT molecular complexity index is 173. The minimum atomic E-state index is 0.132. The highest BCUT2D eigenvalue weighted by Crippen LogP contribution is 2.28. The molecule has 0 aromatic rings. The predicted octanol–water partition coefficient (Wildman–Crippen LogP) is 0.379. The fraction of sp³-hybridized carbons (Fsp3) is 0.833. The van der Waals surface area contributed by atoms with Crippen LogP contribution in [0.5, 0.6) is 0 Å². The number of rotatable bonds is 1. The summed E-state index contributed by atoms with van der Waals surface area (Å²) < 4.78 is 6.46. The largest absolute Gasteiger partial charge is 0.352 e. The lowest BCUT2D eigenvalue weighted by Crippen LogP contribution is -2.48. The van der Waals surface area contributed by atoms with Crippen molar-refractivity contribution in [2.24, 2.45) is 0 Å². The van der Waals surface area contributed by atoms with E-state index in [0.29, 0.717) is 6.42 Å². The maximum absolute atomic E-state index is 10.8. The minimum absolute atomic E-state index is 0.132. The first kappa shape index (κ1) is 6.84. The second-order valence-corrected chi connectivity index (χ2v) is 3.50. The molecule has 2 heterocycles. The predicted molar refractivity (Wildman–Crippen MR) is 43.9 cm³/mol. The van der Waals surface area contributed by atoms with E-state index < -0.39 is 0 Å². The number of fused-ring (bicyclic) bond motifs is 1. The summed E-state index contributed by atoms with van der Waals surface area (Å²) in [6, 6.07) is 0. The molecule has 2 saturated heterocycles. The fourth-order valence-corrected chi connectivity index (χ4v) is 1.82. The number of hydrogen-bond acceptors (Lipinski definition) is 2. The van der Waals surface area contributed by atoms with Gasteiger partial charge in [0.15, 0.2) is 0 Å². The van der Waals surface area contributed by atoms with Crippen molar-refractivity contribution in [1.82, 2.24) is 4.90 Å². The van der Waals surface area contributed by atoms with Gasteiger partial charge in [-0.25, -0.2) is 0 Å². The van der Waals surface area contributed by atoms with Crippen LogP contribution in [-0.2, 0) is 9.53 Å². The van der Waals surface area contributed by atoms with E-state index in [-0.39, 0.29) is 18.2 Å². The van der Waals surface area contributed by atoms with Crippen molar-refractivity contribution in [1.29, 1.82) is 0 Å². The Morgan fingerprint density at radius 2 is 2.60 bits per heavy atom. The zero-order valence-corrected chi connectivity index (χ0v) is 7.58. The summed E-state index contributed by atoms with van der Waals surface area (Å²) in [6.07, 6.45) is 1.02. The molecular weight excluding hydrogens is 245 g/mol. The zero-order valence-electron chi connectivity index (χ0n) is 5.42. The topological polar surface area (TPSA) is 29.5 Å². The summed E-state index contributed by atoms with van der Waals surface area (Å²) in [5, 5.41) is 0. The van der Waals surface area contributed by atoms with Crippen LogP contribution in [-0.4, -0.2) is 34.1 Å². The van der Waals surface area contributed by atoms with E-state index in [1.807, 2.05) is 4.90 Å². The first-order valence-corrected chi connectivity index (χ1v) is 4.84. The van der Waals surface area contributed by atoms with E-state index in [1.54, 1.807) is 0 Å². The second kappa shape index (κ2) is 2.34. The summed E-state index contributed by atoms with van der Waals surface area (Å²) >= 11 is 2.28. The second-order valence-electron chi connectivity index (χ2n) is 2.62. The molecule has 0 aromatic heterocycles. The third-order valence-electron chi connectivity index (χ3n) is 1.94. The van der Waals surface area contributed by atoms with Crippen molar-refractivity contribution in [3.8, 4) is 0 Å². The number of carbonyl (C=O) groups excluding carboxylic acids is 1. The van der Waals surface area contributed by atoms with E-state index in [0.717, 1.165) is 11.0 Å². The van der Waals surface area contributed by atoms with Gasteiger partial charge in [-0.3, -0.25) is 4.79 Å². The number of hydrogen-bond donors (Lipinski definition) is 0. The number of amides is 1. The number of carbonyl (C=O) groups is 1. The van der Waals surface area contributed by atoms with Gasteiger partial charge in [-0.15, -0.1) is 0 Å². The smallest absolute Gasteiger partial charge is 0.229 e. The molecule has 1 amide bonds. The molecule has 0 spiro atoms. The highest BCUT2D eigenvalue weighted by Gasteiger charge is 2.44. The SMILES string of the molecule is O=C1CC2OC(CI)CN12. The molecule has 2 aliphatic rings. The lowest BCUT2D eigenvalue weighted by Gasteiger charge is -2.31. The zero-order chi connectivity index (χ0) is 7.14. The van der Waals surface area contributed by atoms with Gasteiger partial charge in [0.2, 0.25) is 5.91 Å². The van der Waals surface area contributed by atoms with Crippen LogP contribution < -0.4 is 0 Å². The van der Waals surface area contributed by atoms with Crippen LogP contribution in [0.25, 0.3) is 0 Å². The highest BCUT2D eigenvalue weighted by atomic mass is 127. The molecule has 2 rings (SSSR count). The van der Waals surface area contributed by atoms with Crippen molar-refractivity contribution >= 4 is 28.5 Å². The van der Waals surface area contributed by atoms with Gasteiger partial charge in [-0.05, 0) is 0 Å².